The van der Waals surface area contributed by atoms with Crippen molar-refractivity contribution < 1.29 is 4.52 Å². The first-order chi connectivity index (χ1) is 8.81. The Morgan fingerprint density at radius 2 is 1.83 bits per heavy atom. The Morgan fingerprint density at radius 3 is 2.44 bits per heavy atom. The highest BCUT2D eigenvalue weighted by Crippen LogP contribution is 2.15. The highest BCUT2D eigenvalue weighted by Gasteiger charge is 2.06. The van der Waals surface area contributed by atoms with Gasteiger partial charge in [-0.1, -0.05) is 48.8 Å². The molecule has 0 aliphatic carbocycles. The minimum atomic E-state index is 0.682. The van der Waals surface area contributed by atoms with Crippen molar-refractivity contribution in [2.24, 2.45) is 0 Å². The van der Waals surface area contributed by atoms with Gasteiger partial charge in [0, 0.05) is 12.0 Å². The van der Waals surface area contributed by atoms with Crippen LogP contribution in [0.4, 0.5) is 0 Å². The molecule has 0 radical (unpaired) electrons. The van der Waals surface area contributed by atoms with Crippen LogP contribution in [0.25, 0.3) is 11.4 Å². The van der Waals surface area contributed by atoms with Crippen molar-refractivity contribution in [3.8, 4) is 11.4 Å². The van der Waals surface area contributed by atoms with E-state index in [9.17, 15) is 0 Å². The Labute approximate surface area is 108 Å². The number of benzene rings is 1. The van der Waals surface area contributed by atoms with Crippen LogP contribution in [-0.2, 0) is 6.42 Å². The first-order valence-corrected chi connectivity index (χ1v) is 6.28. The van der Waals surface area contributed by atoms with Crippen LogP contribution in [0.2, 0.25) is 0 Å². The normalized spacial score (nSPS) is 9.72. The number of hydrogen-bond donors (Lipinski definition) is 1. The lowest BCUT2D eigenvalue weighted by Gasteiger charge is -1.90. The molecule has 0 atom stereocenters. The van der Waals surface area contributed by atoms with E-state index >= 15 is 0 Å². The fourth-order valence-electron chi connectivity index (χ4n) is 1.39. The van der Waals surface area contributed by atoms with E-state index in [0.717, 1.165) is 30.7 Å². The van der Waals surface area contributed by atoms with Crippen LogP contribution in [0.5, 0.6) is 0 Å². The zero-order chi connectivity index (χ0) is 13.2. The predicted octanol–water partition coefficient (Wildman–Crippen LogP) is 2.91. The van der Waals surface area contributed by atoms with Crippen molar-refractivity contribution in [2.45, 2.75) is 26.2 Å². The summed E-state index contributed by atoms with van der Waals surface area (Å²) in [5.74, 6) is 1.41. The van der Waals surface area contributed by atoms with Crippen LogP contribution in [-0.4, -0.2) is 24.2 Å². The lowest BCUT2D eigenvalue weighted by molar-refractivity contribution is 0.375. The maximum absolute atomic E-state index is 5.16. The number of aromatic nitrogens is 2. The molecule has 1 N–H and O–H groups in total. The number of unbranched alkanes of at least 4 members (excludes halogenated alkanes) is 1. The Bertz CT molecular complexity index is 426. The van der Waals surface area contributed by atoms with Crippen LogP contribution >= 0.6 is 0 Å². The molecule has 18 heavy (non-hydrogen) atoms. The molecule has 4 heteroatoms. The second-order valence-corrected chi connectivity index (χ2v) is 3.98. The maximum Gasteiger partial charge on any atom is 0.226 e. The van der Waals surface area contributed by atoms with Gasteiger partial charge in [0.2, 0.25) is 11.7 Å². The monoisotopic (exact) mass is 247 g/mol. The van der Waals surface area contributed by atoms with Crippen molar-refractivity contribution in [2.75, 3.05) is 14.1 Å². The molecule has 1 heterocycles. The number of rotatable bonds is 4. The smallest absolute Gasteiger partial charge is 0.226 e. The first kappa shape index (κ1) is 14.4. The van der Waals surface area contributed by atoms with Crippen molar-refractivity contribution in [3.05, 3.63) is 36.2 Å². The second-order valence-electron chi connectivity index (χ2n) is 3.98. The van der Waals surface area contributed by atoms with Crippen molar-refractivity contribution in [1.29, 1.82) is 0 Å². The van der Waals surface area contributed by atoms with E-state index in [2.05, 4.69) is 22.4 Å². The molecule has 0 amide bonds. The highest BCUT2D eigenvalue weighted by molar-refractivity contribution is 5.53. The summed E-state index contributed by atoms with van der Waals surface area (Å²) in [6.07, 6.45) is 3.11. The van der Waals surface area contributed by atoms with Gasteiger partial charge in [0.05, 0.1) is 0 Å². The van der Waals surface area contributed by atoms with Gasteiger partial charge in [0.25, 0.3) is 0 Å². The summed E-state index contributed by atoms with van der Waals surface area (Å²) in [7, 11) is 3.75. The number of aryl methyl sites for hydroxylation is 1. The van der Waals surface area contributed by atoms with Crippen LogP contribution in [0, 0.1) is 0 Å². The standard InChI is InChI=1S/C12H14N2O.C2H7N/c1-2-3-9-11-13-12(14-15-11)10-7-5-4-6-8-10;1-3-2/h4-8H,2-3,9H2,1H3;3H,1-2H3. The van der Waals surface area contributed by atoms with E-state index < -0.39 is 0 Å². The van der Waals surface area contributed by atoms with Crippen LogP contribution in [0.1, 0.15) is 25.7 Å². The quantitative estimate of drug-likeness (QED) is 0.902. The van der Waals surface area contributed by atoms with Crippen LogP contribution < -0.4 is 5.32 Å². The van der Waals surface area contributed by atoms with Gasteiger partial charge in [-0.25, -0.2) is 0 Å². The van der Waals surface area contributed by atoms with Crippen molar-refractivity contribution in [3.63, 3.8) is 0 Å². The summed E-state index contributed by atoms with van der Waals surface area (Å²) < 4.78 is 5.16. The lowest BCUT2D eigenvalue weighted by atomic mass is 10.2. The van der Waals surface area contributed by atoms with Crippen molar-refractivity contribution >= 4 is 0 Å². The zero-order valence-corrected chi connectivity index (χ0v) is 11.3. The SMILES string of the molecule is CCCCc1nc(-c2ccccc2)no1.CNC. The molecular weight excluding hydrogens is 226 g/mol. The first-order valence-electron chi connectivity index (χ1n) is 6.28. The minimum Gasteiger partial charge on any atom is -0.339 e. The summed E-state index contributed by atoms with van der Waals surface area (Å²) in [6.45, 7) is 2.15. The topological polar surface area (TPSA) is 51.0 Å². The van der Waals surface area contributed by atoms with E-state index in [4.69, 9.17) is 4.52 Å². The Balaban J connectivity index is 0.000000492. The second kappa shape index (κ2) is 8.42. The molecule has 0 bridgehead atoms. The summed E-state index contributed by atoms with van der Waals surface area (Å²) in [5, 5.41) is 6.70. The van der Waals surface area contributed by atoms with Gasteiger partial charge in [0.1, 0.15) is 0 Å². The molecule has 2 rings (SSSR count). The van der Waals surface area contributed by atoms with E-state index in [0.29, 0.717) is 5.82 Å². The largest absolute Gasteiger partial charge is 0.339 e. The van der Waals surface area contributed by atoms with Gasteiger partial charge in [-0.15, -0.1) is 0 Å². The Morgan fingerprint density at radius 1 is 1.17 bits per heavy atom. The molecule has 0 spiro atoms. The van der Waals surface area contributed by atoms with Crippen LogP contribution in [0.3, 0.4) is 0 Å². The van der Waals surface area contributed by atoms with E-state index in [1.165, 1.54) is 0 Å². The van der Waals surface area contributed by atoms with Gasteiger partial charge in [-0.2, -0.15) is 4.98 Å². The van der Waals surface area contributed by atoms with Gasteiger partial charge in [-0.05, 0) is 20.5 Å². The zero-order valence-electron chi connectivity index (χ0n) is 11.3. The molecule has 98 valence electrons. The summed E-state index contributed by atoms with van der Waals surface area (Å²) >= 11 is 0. The van der Waals surface area contributed by atoms with E-state index in [1.54, 1.807) is 0 Å². The van der Waals surface area contributed by atoms with Crippen molar-refractivity contribution in [1.82, 2.24) is 15.5 Å². The third-order valence-electron chi connectivity index (χ3n) is 2.24. The van der Waals surface area contributed by atoms with E-state index in [1.807, 2.05) is 44.4 Å². The Hall–Kier alpha value is -1.68. The van der Waals surface area contributed by atoms with Gasteiger partial charge in [-0.3, -0.25) is 0 Å². The Kier molecular flexibility index (Phi) is 6.72. The summed E-state index contributed by atoms with van der Waals surface area (Å²) in [5.41, 5.74) is 1.00. The third kappa shape index (κ3) is 4.67. The maximum atomic E-state index is 5.16. The van der Waals surface area contributed by atoms with E-state index in [-0.39, 0.29) is 0 Å². The fourth-order valence-corrected chi connectivity index (χ4v) is 1.39. The average Bonchev–Trinajstić information content (AvgIpc) is 2.87. The van der Waals surface area contributed by atoms with Gasteiger partial charge in [0.15, 0.2) is 0 Å². The van der Waals surface area contributed by atoms with Gasteiger partial charge < -0.3 is 9.84 Å². The highest BCUT2D eigenvalue weighted by atomic mass is 16.5. The fraction of sp³-hybridized carbons (Fsp3) is 0.429. The molecule has 0 unspecified atom stereocenters. The minimum absolute atomic E-state index is 0.682. The summed E-state index contributed by atoms with van der Waals surface area (Å²) in [6, 6.07) is 9.87. The van der Waals surface area contributed by atoms with Gasteiger partial charge >= 0.3 is 0 Å². The molecule has 1 aromatic heterocycles. The molecule has 0 saturated carbocycles. The molecule has 0 fully saturated rings. The number of nitrogens with zero attached hydrogens (tertiary/aromatic N) is 2. The molecule has 0 aliphatic heterocycles. The van der Waals surface area contributed by atoms with Crippen LogP contribution in [0.15, 0.2) is 34.9 Å². The molecule has 1 aromatic carbocycles. The third-order valence-corrected chi connectivity index (χ3v) is 2.24. The number of nitrogens with one attached hydrogen (secondary N) is 1. The average molecular weight is 247 g/mol. The lowest BCUT2D eigenvalue weighted by Crippen LogP contribution is -1.89. The molecule has 0 saturated heterocycles. The molecule has 2 aromatic rings. The molecule has 4 nitrogen and oxygen atoms in total. The molecule has 0 aliphatic rings. The summed E-state index contributed by atoms with van der Waals surface area (Å²) in [4.78, 5) is 4.34. The predicted molar refractivity (Wildman–Crippen MR) is 73.3 cm³/mol. The number of hydrogen-bond acceptors (Lipinski definition) is 4. The molecular formula is C14H21N3O.